The first-order chi connectivity index (χ1) is 11.8. The number of nitrogens with one attached hydrogen (secondary N) is 1. The van der Waals surface area contributed by atoms with E-state index in [1.165, 1.54) is 45.1 Å². The lowest BCUT2D eigenvalue weighted by atomic mass is 9.96. The van der Waals surface area contributed by atoms with Gasteiger partial charge in [0.25, 0.3) is 5.91 Å². The molecule has 0 aromatic carbocycles. The smallest absolute Gasteiger partial charge is 0.255 e. The van der Waals surface area contributed by atoms with Gasteiger partial charge in [-0.25, -0.2) is 0 Å². The molecule has 0 radical (unpaired) electrons. The number of hydrogen-bond acceptors (Lipinski definition) is 4. The number of fused-ring (bicyclic) bond motifs is 1. The quantitative estimate of drug-likeness (QED) is 0.934. The lowest BCUT2D eigenvalue weighted by Gasteiger charge is -2.36. The summed E-state index contributed by atoms with van der Waals surface area (Å²) >= 11 is 0. The van der Waals surface area contributed by atoms with Gasteiger partial charge in [-0.05, 0) is 50.3 Å². The van der Waals surface area contributed by atoms with Crippen molar-refractivity contribution >= 4 is 11.6 Å². The average Bonchev–Trinajstić information content (AvgIpc) is 3.30. The van der Waals surface area contributed by atoms with E-state index >= 15 is 0 Å². The third-order valence-corrected chi connectivity index (χ3v) is 5.51. The van der Waals surface area contributed by atoms with Gasteiger partial charge in [-0.2, -0.15) is 0 Å². The Balaban J connectivity index is 1.36. The molecule has 1 aliphatic heterocycles. The van der Waals surface area contributed by atoms with Gasteiger partial charge in [-0.1, -0.05) is 12.8 Å². The van der Waals surface area contributed by atoms with Crippen LogP contribution in [-0.2, 0) is 0 Å². The lowest BCUT2D eigenvalue weighted by Crippen LogP contribution is -2.44. The fourth-order valence-corrected chi connectivity index (χ4v) is 4.23. The molecule has 2 aromatic rings. The van der Waals surface area contributed by atoms with Gasteiger partial charge in [0.15, 0.2) is 5.65 Å². The first-order valence-corrected chi connectivity index (χ1v) is 9.12. The third-order valence-electron chi connectivity index (χ3n) is 5.51. The molecule has 1 amide bonds. The predicted molar refractivity (Wildman–Crippen MR) is 91.9 cm³/mol. The van der Waals surface area contributed by atoms with Crippen molar-refractivity contribution in [1.29, 1.82) is 0 Å². The Labute approximate surface area is 142 Å². The summed E-state index contributed by atoms with van der Waals surface area (Å²) in [5.41, 5.74) is 1.21. The van der Waals surface area contributed by atoms with E-state index in [2.05, 4.69) is 20.4 Å². The Morgan fingerprint density at radius 1 is 1.25 bits per heavy atom. The monoisotopic (exact) mass is 327 g/mol. The van der Waals surface area contributed by atoms with Gasteiger partial charge >= 0.3 is 0 Å². The van der Waals surface area contributed by atoms with Gasteiger partial charge in [0, 0.05) is 25.3 Å². The molecule has 1 saturated heterocycles. The normalized spacial score (nSPS) is 22.9. The second-order valence-corrected chi connectivity index (χ2v) is 7.14. The number of hydrogen-bond donors (Lipinski definition) is 1. The van der Waals surface area contributed by atoms with Gasteiger partial charge in [0.2, 0.25) is 0 Å². The SMILES string of the molecule is O=C(NC[C@H]1CCCN(C2CCCC2)C1)c1cccn2cnnc12. The number of pyridine rings is 1. The number of nitrogens with zero attached hydrogens (tertiary/aromatic N) is 4. The molecule has 2 fully saturated rings. The van der Waals surface area contributed by atoms with Crippen molar-refractivity contribution < 1.29 is 4.79 Å². The van der Waals surface area contributed by atoms with Crippen molar-refractivity contribution in [3.63, 3.8) is 0 Å². The van der Waals surface area contributed by atoms with Gasteiger partial charge in [0.05, 0.1) is 5.56 Å². The Kier molecular flexibility index (Phi) is 4.47. The van der Waals surface area contributed by atoms with Gasteiger partial charge in [-0.15, -0.1) is 10.2 Å². The van der Waals surface area contributed by atoms with Crippen molar-refractivity contribution in [1.82, 2.24) is 24.8 Å². The standard InChI is InChI=1S/C18H25N5O/c24-18(16-8-4-10-23-13-20-21-17(16)23)19-11-14-5-3-9-22(12-14)15-6-1-2-7-15/h4,8,10,13-15H,1-3,5-7,9,11-12H2,(H,19,24)/t14-/m1/s1. The largest absolute Gasteiger partial charge is 0.352 e. The van der Waals surface area contributed by atoms with E-state index < -0.39 is 0 Å². The fourth-order valence-electron chi connectivity index (χ4n) is 4.23. The Hall–Kier alpha value is -1.95. The predicted octanol–water partition coefficient (Wildman–Crippen LogP) is 2.11. The second-order valence-electron chi connectivity index (χ2n) is 7.14. The highest BCUT2D eigenvalue weighted by Gasteiger charge is 2.28. The first kappa shape index (κ1) is 15.6. The van der Waals surface area contributed by atoms with Gasteiger partial charge in [-0.3, -0.25) is 9.20 Å². The Morgan fingerprint density at radius 3 is 3.00 bits per heavy atom. The highest BCUT2D eigenvalue weighted by Crippen LogP contribution is 2.27. The Morgan fingerprint density at radius 2 is 2.12 bits per heavy atom. The maximum absolute atomic E-state index is 12.5. The zero-order valence-corrected chi connectivity index (χ0v) is 14.0. The molecule has 0 unspecified atom stereocenters. The van der Waals surface area contributed by atoms with Gasteiger partial charge in [0.1, 0.15) is 6.33 Å². The van der Waals surface area contributed by atoms with Crippen LogP contribution in [0.4, 0.5) is 0 Å². The van der Waals surface area contributed by atoms with Crippen LogP contribution in [0.3, 0.4) is 0 Å². The molecule has 6 nitrogen and oxygen atoms in total. The number of piperidine rings is 1. The number of carbonyl (C=O) groups is 1. The van der Waals surface area contributed by atoms with Crippen LogP contribution in [0, 0.1) is 5.92 Å². The van der Waals surface area contributed by atoms with E-state index in [4.69, 9.17) is 0 Å². The van der Waals surface area contributed by atoms with Crippen molar-refractivity contribution in [2.24, 2.45) is 5.92 Å². The molecular weight excluding hydrogens is 302 g/mol. The summed E-state index contributed by atoms with van der Waals surface area (Å²) in [4.78, 5) is 15.2. The van der Waals surface area contributed by atoms with Crippen LogP contribution in [-0.4, -0.2) is 51.1 Å². The molecule has 6 heteroatoms. The van der Waals surface area contributed by atoms with Crippen molar-refractivity contribution in [3.05, 3.63) is 30.2 Å². The second kappa shape index (κ2) is 6.89. The van der Waals surface area contributed by atoms with E-state index in [0.29, 0.717) is 17.1 Å². The molecule has 2 aliphatic rings. The number of amides is 1. The molecule has 24 heavy (non-hydrogen) atoms. The van der Waals surface area contributed by atoms with Crippen LogP contribution in [0.1, 0.15) is 48.9 Å². The zero-order valence-electron chi connectivity index (χ0n) is 14.0. The van der Waals surface area contributed by atoms with Crippen LogP contribution in [0.5, 0.6) is 0 Å². The number of carbonyl (C=O) groups excluding carboxylic acids is 1. The molecule has 0 spiro atoms. The van der Waals surface area contributed by atoms with E-state index in [0.717, 1.165) is 19.1 Å². The molecule has 2 aromatic heterocycles. The molecule has 4 rings (SSSR count). The minimum absolute atomic E-state index is 0.0495. The average molecular weight is 327 g/mol. The van der Waals surface area contributed by atoms with E-state index in [1.54, 1.807) is 10.7 Å². The number of rotatable bonds is 4. The summed E-state index contributed by atoms with van der Waals surface area (Å²) < 4.78 is 1.78. The highest BCUT2D eigenvalue weighted by molar-refractivity contribution is 5.99. The highest BCUT2D eigenvalue weighted by atomic mass is 16.1. The molecule has 1 atom stereocenters. The third kappa shape index (κ3) is 3.15. The summed E-state index contributed by atoms with van der Waals surface area (Å²) in [6.45, 7) is 3.10. The maximum Gasteiger partial charge on any atom is 0.255 e. The molecule has 128 valence electrons. The summed E-state index contributed by atoms with van der Waals surface area (Å²) in [5.74, 6) is 0.507. The van der Waals surface area contributed by atoms with Crippen molar-refractivity contribution in [3.8, 4) is 0 Å². The maximum atomic E-state index is 12.5. The lowest BCUT2D eigenvalue weighted by molar-refractivity contribution is 0.0914. The first-order valence-electron chi connectivity index (χ1n) is 9.12. The van der Waals surface area contributed by atoms with Crippen LogP contribution in [0.2, 0.25) is 0 Å². The van der Waals surface area contributed by atoms with Gasteiger partial charge < -0.3 is 10.2 Å². The minimum atomic E-state index is -0.0495. The fraction of sp³-hybridized carbons (Fsp3) is 0.611. The summed E-state index contributed by atoms with van der Waals surface area (Å²) in [5, 5.41) is 11.0. The van der Waals surface area contributed by atoms with Crippen LogP contribution in [0.25, 0.3) is 5.65 Å². The molecule has 1 saturated carbocycles. The topological polar surface area (TPSA) is 62.5 Å². The van der Waals surface area contributed by atoms with Crippen LogP contribution < -0.4 is 5.32 Å². The summed E-state index contributed by atoms with van der Waals surface area (Å²) in [7, 11) is 0. The molecule has 1 N–H and O–H groups in total. The van der Waals surface area contributed by atoms with E-state index in [9.17, 15) is 4.79 Å². The van der Waals surface area contributed by atoms with E-state index in [1.807, 2.05) is 18.3 Å². The summed E-state index contributed by atoms with van der Waals surface area (Å²) in [6, 6.07) is 4.45. The zero-order chi connectivity index (χ0) is 16.4. The van der Waals surface area contributed by atoms with Crippen LogP contribution in [0.15, 0.2) is 24.7 Å². The van der Waals surface area contributed by atoms with Crippen molar-refractivity contribution in [2.75, 3.05) is 19.6 Å². The Bertz CT molecular complexity index is 706. The summed E-state index contributed by atoms with van der Waals surface area (Å²) in [6.07, 6.45) is 11.4. The molecule has 1 aliphatic carbocycles. The van der Waals surface area contributed by atoms with E-state index in [-0.39, 0.29) is 5.91 Å². The molecular formula is C18H25N5O. The number of aromatic nitrogens is 3. The van der Waals surface area contributed by atoms with Crippen molar-refractivity contribution in [2.45, 2.75) is 44.6 Å². The molecule has 3 heterocycles. The molecule has 0 bridgehead atoms. The van der Waals surface area contributed by atoms with Crippen LogP contribution >= 0.6 is 0 Å². The number of likely N-dealkylation sites (tertiary alicyclic amines) is 1. The minimum Gasteiger partial charge on any atom is -0.352 e.